The number of aromatic hydroxyl groups is 2. The van der Waals surface area contributed by atoms with Crippen molar-refractivity contribution in [1.29, 1.82) is 0 Å². The average Bonchev–Trinajstić information content (AvgIpc) is 3.72. The predicted molar refractivity (Wildman–Crippen MR) is 270 cm³/mol. The lowest BCUT2D eigenvalue weighted by Gasteiger charge is -2.28. The minimum Gasteiger partial charge on any atom is -0.508 e. The Morgan fingerprint density at radius 1 is 0.764 bits per heavy atom. The molecular formula is C47H66ClN9O13S2. The van der Waals surface area contributed by atoms with Crippen molar-refractivity contribution in [1.82, 2.24) is 36.8 Å². The van der Waals surface area contributed by atoms with Gasteiger partial charge in [-0.15, -0.1) is 0 Å². The van der Waals surface area contributed by atoms with E-state index in [4.69, 9.17) is 23.1 Å². The second-order valence-electron chi connectivity index (χ2n) is 17.9. The van der Waals surface area contributed by atoms with E-state index in [0.717, 1.165) is 26.5 Å². The van der Waals surface area contributed by atoms with Crippen LogP contribution in [0.4, 0.5) is 0 Å². The van der Waals surface area contributed by atoms with Crippen molar-refractivity contribution in [3.63, 3.8) is 0 Å². The molecule has 3 rings (SSSR count). The topological polar surface area (TPSA) is 359 Å². The zero-order valence-electron chi connectivity index (χ0n) is 40.7. The van der Waals surface area contributed by atoms with E-state index < -0.39 is 114 Å². The van der Waals surface area contributed by atoms with E-state index in [-0.39, 0.29) is 79.0 Å². The summed E-state index contributed by atoms with van der Waals surface area (Å²) in [4.78, 5) is 131. The summed E-state index contributed by atoms with van der Waals surface area (Å²) in [6.45, 7) is 7.61. The first-order valence-corrected chi connectivity index (χ1v) is 26.1. The second-order valence-corrected chi connectivity index (χ2v) is 20.8. The number of phenolic OH excluding ortho intramolecular Hbond substituents is 2. The van der Waals surface area contributed by atoms with Crippen LogP contribution < -0.4 is 43.4 Å². The molecule has 13 N–H and O–H groups in total. The Morgan fingerprint density at radius 3 is 1.97 bits per heavy atom. The first kappa shape index (κ1) is 60.2. The molecule has 1 aliphatic heterocycles. The number of halogens is 1. The van der Waals surface area contributed by atoms with Gasteiger partial charge in [0.25, 0.3) is 0 Å². The Labute approximate surface area is 430 Å². The molecule has 0 unspecified atom stereocenters. The van der Waals surface area contributed by atoms with Gasteiger partial charge in [0.2, 0.25) is 53.2 Å². The lowest BCUT2D eigenvalue weighted by atomic mass is 9.96. The molecule has 8 atom stereocenters. The Hall–Kier alpha value is -6.11. The molecule has 0 aliphatic carbocycles. The molecule has 2 aromatic rings. The molecule has 0 aromatic heterocycles. The fourth-order valence-electron chi connectivity index (χ4n) is 7.45. The van der Waals surface area contributed by atoms with Crippen molar-refractivity contribution in [3.8, 4) is 11.5 Å². The van der Waals surface area contributed by atoms with Gasteiger partial charge in [0.1, 0.15) is 41.7 Å². The maximum atomic E-state index is 13.9. The first-order valence-electron chi connectivity index (χ1n) is 23.2. The zero-order chi connectivity index (χ0) is 53.8. The predicted octanol–water partition coefficient (Wildman–Crippen LogP) is -0.148. The third-order valence-electron chi connectivity index (χ3n) is 11.6. The number of amides is 9. The smallest absolute Gasteiger partial charge is 0.243 e. The molecule has 72 heavy (non-hydrogen) atoms. The summed E-state index contributed by atoms with van der Waals surface area (Å²) in [6.07, 6.45) is -1.04. The minimum atomic E-state index is -1.36. The lowest BCUT2D eigenvalue weighted by molar-refractivity contribution is -0.138. The number of rotatable bonds is 29. The van der Waals surface area contributed by atoms with Gasteiger partial charge in [0.05, 0.1) is 35.2 Å². The normalized spacial score (nSPS) is 16.8. The number of nitrogens with one attached hydrogen (secondary N) is 6. The highest BCUT2D eigenvalue weighted by Gasteiger charge is 2.40. The monoisotopic (exact) mass is 1060 g/mol. The molecule has 1 fully saturated rings. The van der Waals surface area contributed by atoms with E-state index >= 15 is 0 Å². The number of primary amides is 2. The van der Waals surface area contributed by atoms with Crippen molar-refractivity contribution in [2.24, 2.45) is 23.3 Å². The van der Waals surface area contributed by atoms with Gasteiger partial charge in [0.15, 0.2) is 5.78 Å². The van der Waals surface area contributed by atoms with Crippen molar-refractivity contribution in [3.05, 3.63) is 58.6 Å². The van der Waals surface area contributed by atoms with Gasteiger partial charge in [-0.3, -0.25) is 47.9 Å². The number of β-amino-alcohol motifs (C(OH)–C–C–N with tert-alkyl or cyclic N) is 1. The van der Waals surface area contributed by atoms with Gasteiger partial charge < -0.3 is 63.6 Å². The first-order chi connectivity index (χ1) is 33.9. The number of likely N-dealkylation sites (tertiary alicyclic amines) is 1. The maximum absolute atomic E-state index is 13.9. The van der Waals surface area contributed by atoms with Crippen molar-refractivity contribution in [2.75, 3.05) is 24.6 Å². The number of Topliss-reactive ketones (excluding diaryl/α,β-unsaturated/α-hetero) is 1. The highest BCUT2D eigenvalue weighted by Crippen LogP contribution is 2.27. The van der Waals surface area contributed by atoms with Crippen molar-refractivity contribution < 1.29 is 63.3 Å². The van der Waals surface area contributed by atoms with Gasteiger partial charge >= 0.3 is 0 Å². The third-order valence-corrected chi connectivity index (χ3v) is 14.0. The van der Waals surface area contributed by atoms with Gasteiger partial charge in [-0.1, -0.05) is 85.5 Å². The molecule has 25 heteroatoms. The molecule has 9 amide bonds. The molecule has 1 saturated heterocycles. The summed E-state index contributed by atoms with van der Waals surface area (Å²) in [7, 11) is 1.92. The minimum absolute atomic E-state index is 0.0144. The number of aliphatic hydroxyl groups excluding tert-OH is 1. The second kappa shape index (κ2) is 29.4. The SMILES string of the molecule is CC[C@H](C)[C@H](NC(=O)[C@H](Cc1ccc(O)cc1)NC(=O)CSSCC(=O)N1C[C@H](O)C[C@H]1C(=O)N[C@@H](Cc1ccc(O)c(Cl)c1)C(=O)NCC(=O)N[C@@H](CC(C)C)C(N)=O)C(=O)N[C@@H](CCC(N)=O)C(C)=O. The van der Waals surface area contributed by atoms with Crippen LogP contribution in [0.25, 0.3) is 0 Å². The van der Waals surface area contributed by atoms with E-state index in [1.54, 1.807) is 26.0 Å². The van der Waals surface area contributed by atoms with E-state index in [1.807, 2.05) is 13.8 Å². The number of hydrogen-bond acceptors (Lipinski definition) is 15. The fourth-order valence-corrected chi connectivity index (χ4v) is 9.40. The fraction of sp³-hybridized carbons (Fsp3) is 0.532. The number of hydrogen-bond donors (Lipinski definition) is 11. The van der Waals surface area contributed by atoms with Crippen LogP contribution in [0.15, 0.2) is 42.5 Å². The number of carbonyl (C=O) groups excluding carboxylic acids is 10. The number of nitrogens with zero attached hydrogens (tertiary/aromatic N) is 1. The maximum Gasteiger partial charge on any atom is 0.243 e. The Kier molecular flexibility index (Phi) is 24.6. The van der Waals surface area contributed by atoms with Crippen LogP contribution in [-0.2, 0) is 60.8 Å². The summed E-state index contributed by atoms with van der Waals surface area (Å²) in [5, 5.41) is 45.8. The molecule has 0 spiro atoms. The van der Waals surface area contributed by atoms with Crippen LogP contribution in [0, 0.1) is 11.8 Å². The molecule has 1 heterocycles. The average molecular weight is 1060 g/mol. The Balaban J connectivity index is 1.69. The van der Waals surface area contributed by atoms with Gasteiger partial charge in [-0.05, 0) is 67.0 Å². The molecular weight excluding hydrogens is 998 g/mol. The zero-order valence-corrected chi connectivity index (χ0v) is 43.1. The molecule has 2 aromatic carbocycles. The van der Waals surface area contributed by atoms with E-state index in [0.29, 0.717) is 17.5 Å². The van der Waals surface area contributed by atoms with Crippen LogP contribution in [0.3, 0.4) is 0 Å². The van der Waals surface area contributed by atoms with Crippen LogP contribution in [0.5, 0.6) is 11.5 Å². The standard InChI is InChI=1S/C47H66ClN9O13S2/c1-6-25(4)42(47(70)54-32(26(5)58)12-14-38(49)62)56-45(68)35(17-27-7-10-29(59)11-8-27)53-40(64)22-71-72-23-41(65)57-21-30(60)19-36(57)46(69)55-34(18-28-9-13-37(61)31(48)16-28)44(67)51-20-39(63)52-33(43(50)66)15-24(2)3/h7-11,13,16,24-25,30,32-36,42,59-61H,6,12,14-15,17-23H2,1-5H3,(H2,49,62)(H2,50,66)(H,51,67)(H,52,63)(H,53,64)(H,54,70)(H,55,69)(H,56,68)/t25-,30+,32-,33-,34-,35-,36-,42-/m0/s1. The summed E-state index contributed by atoms with van der Waals surface area (Å²) in [6, 6.07) is 3.03. The van der Waals surface area contributed by atoms with Crippen LogP contribution >= 0.6 is 33.2 Å². The van der Waals surface area contributed by atoms with Gasteiger partial charge in [-0.2, -0.15) is 0 Å². The third kappa shape index (κ3) is 20.2. The number of phenols is 2. The quantitative estimate of drug-likeness (QED) is 0.0373. The molecule has 22 nitrogen and oxygen atoms in total. The number of aliphatic hydroxyl groups is 1. The van der Waals surface area contributed by atoms with Crippen molar-refractivity contribution in [2.45, 2.75) is 122 Å². The lowest BCUT2D eigenvalue weighted by Crippen LogP contribution is -2.58. The van der Waals surface area contributed by atoms with E-state index in [2.05, 4.69) is 31.9 Å². The Bertz CT molecular complexity index is 2280. The highest BCUT2D eigenvalue weighted by atomic mass is 35.5. The number of benzene rings is 2. The van der Waals surface area contributed by atoms with Gasteiger partial charge in [0, 0.05) is 32.2 Å². The summed E-state index contributed by atoms with van der Waals surface area (Å²) in [5.74, 6) is -8.02. The van der Waals surface area contributed by atoms with Crippen LogP contribution in [0.1, 0.15) is 77.8 Å². The molecule has 396 valence electrons. The summed E-state index contributed by atoms with van der Waals surface area (Å²) in [5.41, 5.74) is 11.6. The number of carbonyl (C=O) groups is 10. The van der Waals surface area contributed by atoms with E-state index in [9.17, 15) is 63.3 Å². The van der Waals surface area contributed by atoms with Crippen LogP contribution in [0.2, 0.25) is 5.02 Å². The molecule has 1 aliphatic rings. The van der Waals surface area contributed by atoms with Gasteiger partial charge in [-0.25, -0.2) is 0 Å². The summed E-state index contributed by atoms with van der Waals surface area (Å²) < 4.78 is 0. The summed E-state index contributed by atoms with van der Waals surface area (Å²) >= 11 is 6.10. The highest BCUT2D eigenvalue weighted by molar-refractivity contribution is 8.77. The largest absolute Gasteiger partial charge is 0.508 e. The molecule has 0 saturated carbocycles. The van der Waals surface area contributed by atoms with Crippen LogP contribution in [-0.4, -0.2) is 146 Å². The molecule has 0 radical (unpaired) electrons. The van der Waals surface area contributed by atoms with E-state index in [1.165, 1.54) is 37.3 Å². The van der Waals surface area contributed by atoms with Crippen molar-refractivity contribution >= 4 is 92.1 Å². The Morgan fingerprint density at radius 2 is 1.38 bits per heavy atom. The number of nitrogens with two attached hydrogens (primary N) is 2. The number of ketones is 1. The molecule has 0 bridgehead atoms.